The Kier molecular flexibility index (Phi) is 6.11. The van der Waals surface area contributed by atoms with E-state index in [-0.39, 0.29) is 18.2 Å². The van der Waals surface area contributed by atoms with Crippen LogP contribution in [0.3, 0.4) is 0 Å². The first-order valence-electron chi connectivity index (χ1n) is 8.93. The molecule has 0 aliphatic rings. The van der Waals surface area contributed by atoms with Crippen molar-refractivity contribution < 1.29 is 17.7 Å². The number of benzene rings is 2. The molecule has 0 spiro atoms. The molecule has 0 aliphatic carbocycles. The van der Waals surface area contributed by atoms with Crippen molar-refractivity contribution in [2.75, 3.05) is 13.7 Å². The first-order valence-corrected chi connectivity index (χ1v) is 10.5. The maximum absolute atomic E-state index is 12.6. The van der Waals surface area contributed by atoms with Crippen molar-refractivity contribution in [2.45, 2.75) is 26.1 Å². The molecular formula is C20H23N3O4S. The van der Waals surface area contributed by atoms with E-state index in [0.717, 1.165) is 22.4 Å². The molecule has 3 aromatic rings. The second-order valence-corrected chi connectivity index (χ2v) is 8.54. The zero-order valence-corrected chi connectivity index (χ0v) is 16.9. The molecule has 0 N–H and O–H groups in total. The summed E-state index contributed by atoms with van der Waals surface area (Å²) in [5.74, 6) is 1.32. The van der Waals surface area contributed by atoms with Crippen LogP contribution in [0.25, 0.3) is 11.4 Å². The van der Waals surface area contributed by atoms with Crippen molar-refractivity contribution in [3.05, 3.63) is 65.5 Å². The van der Waals surface area contributed by atoms with Gasteiger partial charge in [-0.3, -0.25) is 0 Å². The van der Waals surface area contributed by atoms with Crippen LogP contribution >= 0.6 is 0 Å². The molecule has 0 saturated carbocycles. The molecule has 0 bridgehead atoms. The number of ether oxygens (including phenoxy) is 1. The van der Waals surface area contributed by atoms with E-state index in [0.29, 0.717) is 12.4 Å². The second-order valence-electron chi connectivity index (χ2n) is 6.47. The lowest BCUT2D eigenvalue weighted by molar-refractivity contribution is 0.336. The van der Waals surface area contributed by atoms with Crippen LogP contribution in [0, 0.1) is 6.92 Å². The van der Waals surface area contributed by atoms with Gasteiger partial charge in [-0.25, -0.2) is 8.42 Å². The third kappa shape index (κ3) is 4.96. The molecule has 0 amide bonds. The van der Waals surface area contributed by atoms with Gasteiger partial charge in [0.1, 0.15) is 5.75 Å². The molecule has 28 heavy (non-hydrogen) atoms. The van der Waals surface area contributed by atoms with Gasteiger partial charge < -0.3 is 9.26 Å². The van der Waals surface area contributed by atoms with E-state index in [1.807, 2.05) is 62.4 Å². The molecule has 148 valence electrons. The first-order chi connectivity index (χ1) is 13.4. The lowest BCUT2D eigenvalue weighted by atomic mass is 10.2. The van der Waals surface area contributed by atoms with E-state index in [2.05, 4.69) is 10.1 Å². The fourth-order valence-electron chi connectivity index (χ4n) is 2.60. The summed E-state index contributed by atoms with van der Waals surface area (Å²) in [7, 11) is -2.00. The third-order valence-corrected chi connectivity index (χ3v) is 5.97. The van der Waals surface area contributed by atoms with E-state index in [1.165, 1.54) is 11.4 Å². The van der Waals surface area contributed by atoms with Crippen molar-refractivity contribution in [3.8, 4) is 17.1 Å². The van der Waals surface area contributed by atoms with Crippen LogP contribution in [0.4, 0.5) is 0 Å². The molecule has 3 rings (SSSR count). The Morgan fingerprint density at radius 1 is 1.07 bits per heavy atom. The summed E-state index contributed by atoms with van der Waals surface area (Å²) in [5, 5.41) is 3.94. The molecule has 0 unspecified atom stereocenters. The van der Waals surface area contributed by atoms with Gasteiger partial charge in [-0.1, -0.05) is 35.0 Å². The van der Waals surface area contributed by atoms with Gasteiger partial charge in [0.15, 0.2) is 0 Å². The van der Waals surface area contributed by atoms with E-state index in [9.17, 15) is 8.42 Å². The first kappa shape index (κ1) is 20.0. The highest BCUT2D eigenvalue weighted by Crippen LogP contribution is 2.21. The minimum atomic E-state index is -3.50. The molecule has 0 radical (unpaired) electrons. The summed E-state index contributed by atoms with van der Waals surface area (Å²) in [6.07, 6.45) is 0. The summed E-state index contributed by atoms with van der Waals surface area (Å²) in [4.78, 5) is 4.30. The van der Waals surface area contributed by atoms with Crippen LogP contribution in [-0.4, -0.2) is 36.5 Å². The normalized spacial score (nSPS) is 11.7. The molecule has 0 fully saturated rings. The lowest BCUT2D eigenvalue weighted by Crippen LogP contribution is -2.27. The topological polar surface area (TPSA) is 85.5 Å². The van der Waals surface area contributed by atoms with Crippen LogP contribution < -0.4 is 4.74 Å². The summed E-state index contributed by atoms with van der Waals surface area (Å²) in [6.45, 7) is 4.48. The Bertz CT molecular complexity index is 1010. The van der Waals surface area contributed by atoms with Gasteiger partial charge >= 0.3 is 0 Å². The Balaban J connectivity index is 1.67. The molecule has 8 heteroatoms. The molecular weight excluding hydrogens is 378 g/mol. The largest absolute Gasteiger partial charge is 0.494 e. The molecule has 0 atom stereocenters. The Morgan fingerprint density at radius 3 is 2.39 bits per heavy atom. The smallest absolute Gasteiger partial charge is 0.242 e. The highest BCUT2D eigenvalue weighted by molar-refractivity contribution is 7.88. The molecule has 1 aromatic heterocycles. The van der Waals surface area contributed by atoms with Gasteiger partial charge in [-0.15, -0.1) is 0 Å². The minimum absolute atomic E-state index is 0.0121. The number of rotatable bonds is 8. The second kappa shape index (κ2) is 8.53. The number of hydrogen-bond donors (Lipinski definition) is 0. The van der Waals surface area contributed by atoms with Crippen LogP contribution in [0.1, 0.15) is 23.9 Å². The minimum Gasteiger partial charge on any atom is -0.494 e. The van der Waals surface area contributed by atoms with E-state index in [4.69, 9.17) is 9.26 Å². The van der Waals surface area contributed by atoms with Crippen LogP contribution in [0.15, 0.2) is 53.1 Å². The van der Waals surface area contributed by atoms with Gasteiger partial charge in [0.05, 0.1) is 18.9 Å². The molecule has 1 heterocycles. The van der Waals surface area contributed by atoms with Crippen LogP contribution in [-0.2, 0) is 22.3 Å². The van der Waals surface area contributed by atoms with Crippen molar-refractivity contribution in [3.63, 3.8) is 0 Å². The average molecular weight is 401 g/mol. The van der Waals surface area contributed by atoms with E-state index >= 15 is 0 Å². The zero-order chi connectivity index (χ0) is 20.1. The summed E-state index contributed by atoms with van der Waals surface area (Å²) in [5.41, 5.74) is 2.59. The monoisotopic (exact) mass is 401 g/mol. The van der Waals surface area contributed by atoms with E-state index in [1.54, 1.807) is 0 Å². The van der Waals surface area contributed by atoms with E-state index < -0.39 is 10.0 Å². The van der Waals surface area contributed by atoms with Gasteiger partial charge in [0, 0.05) is 12.6 Å². The fourth-order valence-corrected chi connectivity index (χ4v) is 3.74. The number of hydrogen-bond acceptors (Lipinski definition) is 6. The molecule has 2 aromatic carbocycles. The fraction of sp³-hybridized carbons (Fsp3) is 0.300. The van der Waals surface area contributed by atoms with Crippen molar-refractivity contribution >= 4 is 10.0 Å². The highest BCUT2D eigenvalue weighted by atomic mass is 32.2. The van der Waals surface area contributed by atoms with Gasteiger partial charge in [-0.2, -0.15) is 9.29 Å². The highest BCUT2D eigenvalue weighted by Gasteiger charge is 2.21. The van der Waals surface area contributed by atoms with Crippen molar-refractivity contribution in [1.82, 2.24) is 14.4 Å². The maximum Gasteiger partial charge on any atom is 0.242 e. The maximum atomic E-state index is 12.6. The predicted molar refractivity (Wildman–Crippen MR) is 106 cm³/mol. The average Bonchev–Trinajstić information content (AvgIpc) is 3.13. The SMILES string of the molecule is CCOc1ccc(-c2noc(CN(C)S(=O)(=O)Cc3ccc(C)cc3)n2)cc1. The summed E-state index contributed by atoms with van der Waals surface area (Å²) >= 11 is 0. The molecule has 0 aliphatic heterocycles. The van der Waals surface area contributed by atoms with Gasteiger partial charge in [0.25, 0.3) is 0 Å². The van der Waals surface area contributed by atoms with Crippen molar-refractivity contribution in [1.29, 1.82) is 0 Å². The van der Waals surface area contributed by atoms with Crippen LogP contribution in [0.5, 0.6) is 5.75 Å². The molecule has 0 saturated heterocycles. The molecule has 7 nitrogen and oxygen atoms in total. The quantitative estimate of drug-likeness (QED) is 0.575. The lowest BCUT2D eigenvalue weighted by Gasteiger charge is -2.15. The third-order valence-electron chi connectivity index (χ3n) is 4.19. The number of aryl methyl sites for hydroxylation is 1. The van der Waals surface area contributed by atoms with Gasteiger partial charge in [0.2, 0.25) is 21.7 Å². The van der Waals surface area contributed by atoms with Crippen LogP contribution in [0.2, 0.25) is 0 Å². The summed E-state index contributed by atoms with van der Waals surface area (Å²) < 4.78 is 37.0. The predicted octanol–water partition coefficient (Wildman–Crippen LogP) is 3.41. The Labute approximate surface area is 165 Å². The number of sulfonamides is 1. The van der Waals surface area contributed by atoms with Crippen molar-refractivity contribution in [2.24, 2.45) is 0 Å². The standard InChI is InChI=1S/C20H23N3O4S/c1-4-26-18-11-9-17(10-12-18)20-21-19(27-22-20)13-23(3)28(24,25)14-16-7-5-15(2)6-8-16/h5-12H,4,13-14H2,1-3H3. The zero-order valence-electron chi connectivity index (χ0n) is 16.1. The Morgan fingerprint density at radius 2 is 1.75 bits per heavy atom. The van der Waals surface area contributed by atoms with Gasteiger partial charge in [-0.05, 0) is 43.7 Å². The number of nitrogens with zero attached hydrogens (tertiary/aromatic N) is 3. The summed E-state index contributed by atoms with van der Waals surface area (Å²) in [6, 6.07) is 14.7. The Hall–Kier alpha value is -2.71. The number of aromatic nitrogens is 2.